The van der Waals surface area contributed by atoms with E-state index in [9.17, 15) is 8.60 Å². The first-order valence-electron chi connectivity index (χ1n) is 5.78. The van der Waals surface area contributed by atoms with Crippen LogP contribution in [0.2, 0.25) is 0 Å². The van der Waals surface area contributed by atoms with Crippen molar-refractivity contribution < 1.29 is 13.3 Å². The summed E-state index contributed by atoms with van der Waals surface area (Å²) in [6.45, 7) is 4.10. The molecule has 1 aliphatic heterocycles. The molecular formula is C13H17FO2S. The maximum atomic E-state index is 12.7. The van der Waals surface area contributed by atoms with Gasteiger partial charge in [0.25, 0.3) is 0 Å². The summed E-state index contributed by atoms with van der Waals surface area (Å²) in [6, 6.07) is 5.83. The zero-order chi connectivity index (χ0) is 12.5. The van der Waals surface area contributed by atoms with E-state index in [2.05, 4.69) is 0 Å². The van der Waals surface area contributed by atoms with Crippen molar-refractivity contribution in [1.29, 1.82) is 0 Å². The van der Waals surface area contributed by atoms with Gasteiger partial charge < -0.3 is 4.74 Å². The minimum Gasteiger partial charge on any atom is -0.371 e. The third kappa shape index (κ3) is 3.36. The van der Waals surface area contributed by atoms with E-state index in [4.69, 9.17) is 4.74 Å². The van der Waals surface area contributed by atoms with Gasteiger partial charge in [-0.3, -0.25) is 4.21 Å². The number of hydrogen-bond donors (Lipinski definition) is 0. The second-order valence-electron chi connectivity index (χ2n) is 5.00. The molecule has 2 rings (SSSR count). The van der Waals surface area contributed by atoms with Gasteiger partial charge in [0.2, 0.25) is 0 Å². The Morgan fingerprint density at radius 2 is 2.06 bits per heavy atom. The first kappa shape index (κ1) is 12.7. The molecule has 0 bridgehead atoms. The molecule has 0 aliphatic carbocycles. The van der Waals surface area contributed by atoms with Crippen molar-refractivity contribution in [2.45, 2.75) is 43.3 Å². The molecule has 1 aromatic carbocycles. The summed E-state index contributed by atoms with van der Waals surface area (Å²) < 4.78 is 30.6. The molecule has 1 saturated heterocycles. The lowest BCUT2D eigenvalue weighted by atomic mass is 10.1. The SMILES string of the molecule is CC1(C)CCC(CS(=O)c2ccc(F)cc2)O1. The molecule has 2 atom stereocenters. The van der Waals surface area contributed by atoms with Crippen molar-refractivity contribution in [2.24, 2.45) is 0 Å². The summed E-state index contributed by atoms with van der Waals surface area (Å²) in [5, 5.41) is 0. The Kier molecular flexibility index (Phi) is 3.64. The molecule has 17 heavy (non-hydrogen) atoms. The van der Waals surface area contributed by atoms with E-state index >= 15 is 0 Å². The summed E-state index contributed by atoms with van der Waals surface area (Å²) in [7, 11) is -1.11. The largest absolute Gasteiger partial charge is 0.371 e. The third-order valence-electron chi connectivity index (χ3n) is 2.97. The molecule has 1 aromatic rings. The van der Waals surface area contributed by atoms with E-state index in [-0.39, 0.29) is 17.5 Å². The molecule has 94 valence electrons. The number of benzene rings is 1. The van der Waals surface area contributed by atoms with Gasteiger partial charge >= 0.3 is 0 Å². The Bertz CT molecular complexity index is 414. The predicted octanol–water partition coefficient (Wildman–Crippen LogP) is 2.89. The van der Waals surface area contributed by atoms with Crippen LogP contribution in [0.3, 0.4) is 0 Å². The minimum absolute atomic E-state index is 0.0517. The van der Waals surface area contributed by atoms with Gasteiger partial charge in [-0.05, 0) is 51.0 Å². The van der Waals surface area contributed by atoms with Crippen molar-refractivity contribution >= 4 is 10.8 Å². The summed E-state index contributed by atoms with van der Waals surface area (Å²) in [6.07, 6.45) is 1.99. The number of ether oxygens (including phenoxy) is 1. The van der Waals surface area contributed by atoms with Crippen LogP contribution in [0, 0.1) is 5.82 Å². The molecule has 1 fully saturated rings. The van der Waals surface area contributed by atoms with Gasteiger partial charge in [0.05, 0.1) is 28.3 Å². The standard InChI is InChI=1S/C13H17FO2S/c1-13(2)8-7-11(16-13)9-17(15)12-5-3-10(14)4-6-12/h3-6,11H,7-9H2,1-2H3. The van der Waals surface area contributed by atoms with Gasteiger partial charge in [0, 0.05) is 4.90 Å². The van der Waals surface area contributed by atoms with Crippen molar-refractivity contribution in [1.82, 2.24) is 0 Å². The molecule has 0 N–H and O–H groups in total. The van der Waals surface area contributed by atoms with Crippen molar-refractivity contribution in [2.75, 3.05) is 5.75 Å². The highest BCUT2D eigenvalue weighted by Gasteiger charge is 2.32. The molecule has 0 amide bonds. The van der Waals surface area contributed by atoms with Crippen LogP contribution >= 0.6 is 0 Å². The van der Waals surface area contributed by atoms with Crippen LogP contribution < -0.4 is 0 Å². The molecule has 1 aliphatic rings. The van der Waals surface area contributed by atoms with Crippen LogP contribution in [0.15, 0.2) is 29.2 Å². The maximum Gasteiger partial charge on any atom is 0.123 e. The first-order valence-corrected chi connectivity index (χ1v) is 7.10. The average Bonchev–Trinajstić information content (AvgIpc) is 2.59. The van der Waals surface area contributed by atoms with Crippen LogP contribution in [0.25, 0.3) is 0 Å². The maximum absolute atomic E-state index is 12.7. The Morgan fingerprint density at radius 1 is 1.41 bits per heavy atom. The van der Waals surface area contributed by atoms with Gasteiger partial charge in [-0.25, -0.2) is 4.39 Å². The quantitative estimate of drug-likeness (QED) is 0.831. The fourth-order valence-corrected chi connectivity index (χ4v) is 3.25. The Balaban J connectivity index is 1.96. The molecule has 0 spiro atoms. The van der Waals surface area contributed by atoms with Crippen molar-refractivity contribution in [3.8, 4) is 0 Å². The van der Waals surface area contributed by atoms with Crippen LogP contribution in [0.5, 0.6) is 0 Å². The van der Waals surface area contributed by atoms with Crippen LogP contribution in [-0.2, 0) is 15.5 Å². The lowest BCUT2D eigenvalue weighted by molar-refractivity contribution is -0.00498. The normalized spacial score (nSPS) is 24.8. The molecule has 2 nitrogen and oxygen atoms in total. The molecule has 1 heterocycles. The lowest BCUT2D eigenvalue weighted by Crippen LogP contribution is -2.23. The first-order chi connectivity index (χ1) is 7.96. The van der Waals surface area contributed by atoms with Crippen molar-refractivity contribution in [3.05, 3.63) is 30.1 Å². The lowest BCUT2D eigenvalue weighted by Gasteiger charge is -2.18. The van der Waals surface area contributed by atoms with E-state index in [1.807, 2.05) is 13.8 Å². The molecule has 4 heteroatoms. The zero-order valence-electron chi connectivity index (χ0n) is 10.1. The summed E-state index contributed by atoms with van der Waals surface area (Å²) in [4.78, 5) is 0.666. The molecular weight excluding hydrogens is 239 g/mol. The second-order valence-corrected chi connectivity index (χ2v) is 6.50. The van der Waals surface area contributed by atoms with Gasteiger partial charge in [-0.1, -0.05) is 0 Å². The van der Waals surface area contributed by atoms with E-state index in [0.717, 1.165) is 12.8 Å². The minimum atomic E-state index is -1.11. The van der Waals surface area contributed by atoms with Gasteiger partial charge in [-0.15, -0.1) is 0 Å². The van der Waals surface area contributed by atoms with E-state index in [1.165, 1.54) is 12.1 Å². The van der Waals surface area contributed by atoms with Crippen LogP contribution in [0.1, 0.15) is 26.7 Å². The Labute approximate surface area is 104 Å². The van der Waals surface area contributed by atoms with E-state index in [0.29, 0.717) is 10.6 Å². The third-order valence-corrected chi connectivity index (χ3v) is 4.44. The number of hydrogen-bond acceptors (Lipinski definition) is 2. The van der Waals surface area contributed by atoms with Gasteiger partial charge in [0.15, 0.2) is 0 Å². The molecule has 0 radical (unpaired) electrons. The van der Waals surface area contributed by atoms with Crippen LogP contribution in [-0.4, -0.2) is 21.7 Å². The topological polar surface area (TPSA) is 26.3 Å². The highest BCUT2D eigenvalue weighted by molar-refractivity contribution is 7.85. The summed E-state index contributed by atoms with van der Waals surface area (Å²) in [5.41, 5.74) is -0.0995. The molecule has 2 unspecified atom stereocenters. The highest BCUT2D eigenvalue weighted by Crippen LogP contribution is 2.30. The van der Waals surface area contributed by atoms with Gasteiger partial charge in [-0.2, -0.15) is 0 Å². The smallest absolute Gasteiger partial charge is 0.123 e. The molecule has 0 aromatic heterocycles. The van der Waals surface area contributed by atoms with E-state index < -0.39 is 10.8 Å². The molecule has 0 saturated carbocycles. The zero-order valence-corrected chi connectivity index (χ0v) is 10.9. The highest BCUT2D eigenvalue weighted by atomic mass is 32.2. The average molecular weight is 256 g/mol. The summed E-state index contributed by atoms with van der Waals surface area (Å²) >= 11 is 0. The fraction of sp³-hybridized carbons (Fsp3) is 0.538. The fourth-order valence-electron chi connectivity index (χ4n) is 2.05. The monoisotopic (exact) mass is 256 g/mol. The van der Waals surface area contributed by atoms with E-state index in [1.54, 1.807) is 12.1 Å². The Morgan fingerprint density at radius 3 is 2.59 bits per heavy atom. The van der Waals surface area contributed by atoms with Crippen molar-refractivity contribution in [3.63, 3.8) is 0 Å². The van der Waals surface area contributed by atoms with Gasteiger partial charge in [0.1, 0.15) is 5.82 Å². The predicted molar refractivity (Wildman–Crippen MR) is 65.9 cm³/mol. The summed E-state index contributed by atoms with van der Waals surface area (Å²) in [5.74, 6) is 0.193. The van der Waals surface area contributed by atoms with Crippen LogP contribution in [0.4, 0.5) is 4.39 Å². The second kappa shape index (κ2) is 4.86. The Hall–Kier alpha value is -0.740. The number of rotatable bonds is 3. The number of halogens is 1.